The number of rotatable bonds is 6. The van der Waals surface area contributed by atoms with Crippen LogP contribution in [0, 0.1) is 34.0 Å². The second-order valence-corrected chi connectivity index (χ2v) is 8.40. The van der Waals surface area contributed by atoms with E-state index in [1.165, 1.54) is 0 Å². The van der Waals surface area contributed by atoms with Gasteiger partial charge in [-0.1, -0.05) is 97.1 Å². The Kier molecular flexibility index (Phi) is 6.81. The normalized spacial score (nSPS) is 10.0. The van der Waals surface area contributed by atoms with Crippen LogP contribution in [-0.4, -0.2) is 4.57 Å². The molecule has 0 spiro atoms. The van der Waals surface area contributed by atoms with Crippen LogP contribution in [0.2, 0.25) is 0 Å². The van der Waals surface area contributed by atoms with Gasteiger partial charge >= 0.3 is 0 Å². The number of nitrogens with zero attached hydrogens (tertiary/aromatic N) is 5. The molecule has 0 aliphatic carbocycles. The van der Waals surface area contributed by atoms with Crippen molar-refractivity contribution in [1.82, 2.24) is 4.57 Å². The van der Waals surface area contributed by atoms with E-state index in [9.17, 15) is 15.8 Å². The molecule has 0 aliphatic rings. The van der Waals surface area contributed by atoms with Crippen LogP contribution < -0.4 is 4.90 Å². The Morgan fingerprint density at radius 3 is 1.61 bits per heavy atom. The lowest BCUT2D eigenvalue weighted by Gasteiger charge is -2.25. The first-order valence-electron chi connectivity index (χ1n) is 12.0. The molecular weight excluding hydrogens is 466 g/mol. The molecule has 178 valence electrons. The summed E-state index contributed by atoms with van der Waals surface area (Å²) in [6, 6.07) is 47.3. The Morgan fingerprint density at radius 1 is 0.579 bits per heavy atom. The van der Waals surface area contributed by atoms with Crippen LogP contribution >= 0.6 is 0 Å². The zero-order valence-electron chi connectivity index (χ0n) is 20.4. The average molecular weight is 488 g/mol. The quantitative estimate of drug-likeness (QED) is 0.229. The first-order valence-corrected chi connectivity index (χ1v) is 12.0. The minimum absolute atomic E-state index is 0.0387. The highest BCUT2D eigenvalue weighted by Gasteiger charge is 2.28. The lowest BCUT2D eigenvalue weighted by molar-refractivity contribution is 1.09. The third-order valence-electron chi connectivity index (χ3n) is 6.16. The Bertz CT molecular complexity index is 1700. The Morgan fingerprint density at radius 2 is 1.08 bits per heavy atom. The van der Waals surface area contributed by atoms with Crippen LogP contribution in [0.1, 0.15) is 0 Å². The van der Waals surface area contributed by atoms with Gasteiger partial charge in [-0.3, -0.25) is 4.90 Å². The highest BCUT2D eigenvalue weighted by molar-refractivity contribution is 5.90. The van der Waals surface area contributed by atoms with Crippen LogP contribution in [-0.2, 0) is 0 Å². The van der Waals surface area contributed by atoms with E-state index in [2.05, 4.69) is 10.6 Å². The Balaban J connectivity index is 1.96. The third-order valence-corrected chi connectivity index (χ3v) is 6.16. The Labute approximate surface area is 221 Å². The monoisotopic (exact) mass is 487 g/mol. The van der Waals surface area contributed by atoms with Gasteiger partial charge in [0.15, 0.2) is 11.3 Å². The first kappa shape index (κ1) is 23.9. The molecule has 0 saturated heterocycles. The molecule has 0 amide bonds. The number of hydrogen-bond donors (Lipinski definition) is 0. The topological polar surface area (TPSA) is 79.5 Å². The number of benzene rings is 4. The number of aromatic nitrogens is 1. The molecule has 1 heterocycles. The summed E-state index contributed by atoms with van der Waals surface area (Å²) in [7, 11) is 0. The van der Waals surface area contributed by atoms with Crippen molar-refractivity contribution in [1.29, 1.82) is 15.8 Å². The van der Waals surface area contributed by atoms with Crippen molar-refractivity contribution in [2.45, 2.75) is 0 Å². The molecule has 5 rings (SSSR count). The lowest BCUT2D eigenvalue weighted by atomic mass is 10.1. The molecule has 0 bridgehead atoms. The highest BCUT2D eigenvalue weighted by Crippen LogP contribution is 2.44. The molecule has 5 heteroatoms. The number of anilines is 2. The van der Waals surface area contributed by atoms with E-state index in [-0.39, 0.29) is 11.3 Å². The Hall–Kier alpha value is -5.83. The molecule has 1 aromatic heterocycles. The van der Waals surface area contributed by atoms with Gasteiger partial charge < -0.3 is 4.57 Å². The summed E-state index contributed by atoms with van der Waals surface area (Å²) in [5, 5.41) is 29.8. The summed E-state index contributed by atoms with van der Waals surface area (Å²) < 4.78 is 2.16. The van der Waals surface area contributed by atoms with Crippen molar-refractivity contribution in [3.63, 3.8) is 0 Å². The molecule has 0 N–H and O–H groups in total. The maximum Gasteiger partial charge on any atom is 0.164 e. The predicted molar refractivity (Wildman–Crippen MR) is 149 cm³/mol. The molecule has 0 radical (unpaired) electrons. The van der Waals surface area contributed by atoms with Gasteiger partial charge in [0.1, 0.15) is 18.2 Å². The third kappa shape index (κ3) is 4.42. The largest absolute Gasteiger partial charge is 0.307 e. The van der Waals surface area contributed by atoms with Gasteiger partial charge in [0.25, 0.3) is 0 Å². The van der Waals surface area contributed by atoms with Crippen molar-refractivity contribution in [2.75, 3.05) is 4.90 Å². The standard InChI is InChI=1S/C33H21N5/c34-22-27(23-35)32(24-36)37(28-17-9-3-10-18-28)31-21-30(25-13-5-1-6-14-25)38(29-19-11-4-12-20-29)33(31)26-15-7-2-8-16-26/h1-21H. The molecule has 0 fully saturated rings. The van der Waals surface area contributed by atoms with Crippen molar-refractivity contribution in [3.8, 4) is 46.4 Å². The van der Waals surface area contributed by atoms with E-state index < -0.39 is 0 Å². The van der Waals surface area contributed by atoms with Crippen molar-refractivity contribution >= 4 is 11.4 Å². The van der Waals surface area contributed by atoms with Gasteiger partial charge in [0.05, 0.1) is 17.1 Å². The van der Waals surface area contributed by atoms with Crippen molar-refractivity contribution in [3.05, 3.63) is 139 Å². The number of allylic oxidation sites excluding steroid dienone is 2. The van der Waals surface area contributed by atoms with E-state index in [0.29, 0.717) is 11.4 Å². The molecule has 5 aromatic rings. The molecule has 0 unspecified atom stereocenters. The van der Waals surface area contributed by atoms with E-state index in [1.807, 2.05) is 140 Å². The molecule has 0 atom stereocenters. The van der Waals surface area contributed by atoms with Crippen LogP contribution in [0.15, 0.2) is 139 Å². The summed E-state index contributed by atoms with van der Waals surface area (Å²) in [6.07, 6.45) is 0. The summed E-state index contributed by atoms with van der Waals surface area (Å²) in [5.74, 6) is 0. The number of hydrogen-bond acceptors (Lipinski definition) is 4. The average Bonchev–Trinajstić information content (AvgIpc) is 3.39. The SMILES string of the molecule is N#CC(C#N)=C(C#N)N(c1ccccc1)c1cc(-c2ccccc2)n(-c2ccccc2)c1-c1ccccc1. The van der Waals surface area contributed by atoms with Gasteiger partial charge in [-0.15, -0.1) is 0 Å². The van der Waals surface area contributed by atoms with Gasteiger partial charge in [-0.25, -0.2) is 0 Å². The minimum Gasteiger partial charge on any atom is -0.307 e. The van der Waals surface area contributed by atoms with E-state index >= 15 is 0 Å². The van der Waals surface area contributed by atoms with Crippen LogP contribution in [0.4, 0.5) is 11.4 Å². The van der Waals surface area contributed by atoms with Crippen LogP contribution in [0.25, 0.3) is 28.2 Å². The minimum atomic E-state index is -0.260. The maximum absolute atomic E-state index is 10.3. The summed E-state index contributed by atoms with van der Waals surface area (Å²) in [5.41, 5.74) is 5.60. The summed E-state index contributed by atoms with van der Waals surface area (Å²) in [4.78, 5) is 1.70. The summed E-state index contributed by atoms with van der Waals surface area (Å²) in [6.45, 7) is 0. The van der Waals surface area contributed by atoms with E-state index in [1.54, 1.807) is 4.90 Å². The van der Waals surface area contributed by atoms with Gasteiger partial charge in [-0.05, 0) is 35.9 Å². The highest BCUT2D eigenvalue weighted by atomic mass is 15.2. The van der Waals surface area contributed by atoms with Crippen LogP contribution in [0.5, 0.6) is 0 Å². The van der Waals surface area contributed by atoms with E-state index in [4.69, 9.17) is 0 Å². The fraction of sp³-hybridized carbons (Fsp3) is 0. The zero-order chi connectivity index (χ0) is 26.3. The zero-order valence-corrected chi connectivity index (χ0v) is 20.4. The van der Waals surface area contributed by atoms with Crippen molar-refractivity contribution in [2.24, 2.45) is 0 Å². The molecular formula is C33H21N5. The predicted octanol–water partition coefficient (Wildman–Crippen LogP) is 7.77. The summed E-state index contributed by atoms with van der Waals surface area (Å²) >= 11 is 0. The molecule has 4 aromatic carbocycles. The van der Waals surface area contributed by atoms with Gasteiger partial charge in [0, 0.05) is 16.9 Å². The molecule has 38 heavy (non-hydrogen) atoms. The number of para-hydroxylation sites is 2. The molecule has 0 aliphatic heterocycles. The smallest absolute Gasteiger partial charge is 0.164 e. The van der Waals surface area contributed by atoms with Crippen LogP contribution in [0.3, 0.4) is 0 Å². The van der Waals surface area contributed by atoms with Gasteiger partial charge in [-0.2, -0.15) is 15.8 Å². The number of nitriles is 3. The fourth-order valence-corrected chi connectivity index (χ4v) is 4.52. The molecule has 5 nitrogen and oxygen atoms in total. The second-order valence-electron chi connectivity index (χ2n) is 8.40. The fourth-order valence-electron chi connectivity index (χ4n) is 4.52. The maximum atomic E-state index is 10.3. The van der Waals surface area contributed by atoms with Crippen molar-refractivity contribution < 1.29 is 0 Å². The van der Waals surface area contributed by atoms with Gasteiger partial charge in [0.2, 0.25) is 0 Å². The molecule has 0 saturated carbocycles. The second kappa shape index (κ2) is 10.8. The lowest BCUT2D eigenvalue weighted by Crippen LogP contribution is -2.17. The van der Waals surface area contributed by atoms with E-state index in [0.717, 1.165) is 28.2 Å². The first-order chi connectivity index (χ1) is 18.8.